The summed E-state index contributed by atoms with van der Waals surface area (Å²) >= 11 is 0. The van der Waals surface area contributed by atoms with Crippen molar-refractivity contribution in [3.63, 3.8) is 0 Å². The van der Waals surface area contributed by atoms with Crippen LogP contribution in [0.1, 0.15) is 13.8 Å². The number of fused-ring (bicyclic) bond motifs is 3. The number of benzene rings is 2. The van der Waals surface area contributed by atoms with Crippen LogP contribution in [0.15, 0.2) is 63.7 Å². The van der Waals surface area contributed by atoms with Crippen LogP contribution < -0.4 is 4.74 Å². The minimum absolute atomic E-state index is 0.123. The number of hydrogen-bond donors (Lipinski definition) is 2. The fourth-order valence-corrected chi connectivity index (χ4v) is 3.29. The maximum atomic E-state index is 11.3. The van der Waals surface area contributed by atoms with Crippen molar-refractivity contribution in [1.29, 1.82) is 0 Å². The molecule has 10 heteroatoms. The largest absolute Gasteiger partial charge is 0.472 e. The van der Waals surface area contributed by atoms with Crippen molar-refractivity contribution >= 4 is 38.2 Å². The molecule has 0 spiro atoms. The number of nitrogens with zero attached hydrogens (tertiary/aromatic N) is 4. The van der Waals surface area contributed by atoms with Gasteiger partial charge in [0.15, 0.2) is 11.3 Å². The second-order valence-electron chi connectivity index (χ2n) is 6.40. The second kappa shape index (κ2) is 6.73. The van der Waals surface area contributed by atoms with Crippen molar-refractivity contribution in [1.82, 2.24) is 14.6 Å². The van der Waals surface area contributed by atoms with Gasteiger partial charge in [0, 0.05) is 0 Å². The summed E-state index contributed by atoms with van der Waals surface area (Å²) in [6, 6.07) is 13.2. The zero-order valence-corrected chi connectivity index (χ0v) is 15.9. The molecule has 0 saturated heterocycles. The number of H-pyrrole nitrogens is 1. The summed E-state index contributed by atoms with van der Waals surface area (Å²) in [6.45, 7) is 3.75. The fraction of sp³-hybridized carbons (Fsp3) is 0.167. The van der Waals surface area contributed by atoms with Gasteiger partial charge in [0.1, 0.15) is 0 Å². The maximum absolute atomic E-state index is 11.3. The molecular weight excluding hydrogens is 382 g/mol. The second-order valence-corrected chi connectivity index (χ2v) is 7.82. The van der Waals surface area contributed by atoms with E-state index in [0.717, 1.165) is 11.0 Å². The molecule has 4 rings (SSSR count). The van der Waals surface area contributed by atoms with E-state index in [1.54, 1.807) is 10.6 Å². The molecule has 0 atom stereocenters. The van der Waals surface area contributed by atoms with Gasteiger partial charge in [-0.3, -0.25) is 4.55 Å². The highest BCUT2D eigenvalue weighted by Gasteiger charge is 2.19. The zero-order chi connectivity index (χ0) is 19.9. The molecule has 2 heterocycles. The molecule has 144 valence electrons. The number of aromatic amines is 1. The van der Waals surface area contributed by atoms with Gasteiger partial charge >= 0.3 is 0 Å². The molecule has 0 aliphatic rings. The van der Waals surface area contributed by atoms with Crippen LogP contribution >= 0.6 is 0 Å². The number of ether oxygens (including phenoxy) is 1. The number of aromatic nitrogens is 3. The van der Waals surface area contributed by atoms with Crippen molar-refractivity contribution in [2.45, 2.75) is 24.8 Å². The Morgan fingerprint density at radius 3 is 2.68 bits per heavy atom. The number of imidazole rings is 1. The van der Waals surface area contributed by atoms with E-state index in [9.17, 15) is 13.0 Å². The van der Waals surface area contributed by atoms with Gasteiger partial charge in [0.2, 0.25) is 0 Å². The molecule has 0 unspecified atom stereocenters. The van der Waals surface area contributed by atoms with Gasteiger partial charge in [-0.1, -0.05) is 18.2 Å². The third-order valence-corrected chi connectivity index (χ3v) is 4.79. The number of hydrogen-bond acceptors (Lipinski definition) is 6. The molecule has 0 fully saturated rings. The smallest absolute Gasteiger partial charge is 0.294 e. The lowest BCUT2D eigenvalue weighted by Gasteiger charge is -2.06. The van der Waals surface area contributed by atoms with Crippen LogP contribution in [-0.4, -0.2) is 33.7 Å². The van der Waals surface area contributed by atoms with Crippen LogP contribution in [-0.2, 0) is 10.1 Å². The topological polar surface area (TPSA) is 121 Å². The highest BCUT2D eigenvalue weighted by atomic mass is 32.2. The third-order valence-electron chi connectivity index (χ3n) is 3.94. The lowest BCUT2D eigenvalue weighted by atomic mass is 10.3. The summed E-state index contributed by atoms with van der Waals surface area (Å²) in [5, 5.41) is 12.8. The zero-order valence-electron chi connectivity index (χ0n) is 15.1. The quantitative estimate of drug-likeness (QED) is 0.383. The summed E-state index contributed by atoms with van der Waals surface area (Å²) in [6.07, 6.45) is -0.123. The molecule has 2 N–H and O–H groups in total. The van der Waals surface area contributed by atoms with Gasteiger partial charge in [0.05, 0.1) is 27.7 Å². The van der Waals surface area contributed by atoms with E-state index >= 15 is 0 Å². The average Bonchev–Trinajstić information content (AvgIpc) is 3.15. The lowest BCUT2D eigenvalue weighted by molar-refractivity contribution is 0.232. The van der Waals surface area contributed by atoms with Crippen molar-refractivity contribution in [3.05, 3.63) is 48.5 Å². The van der Waals surface area contributed by atoms with E-state index in [1.807, 2.05) is 38.1 Å². The van der Waals surface area contributed by atoms with Gasteiger partial charge in [0.25, 0.3) is 16.0 Å². The van der Waals surface area contributed by atoms with Gasteiger partial charge in [-0.05, 0) is 44.2 Å². The first-order chi connectivity index (χ1) is 13.3. The molecule has 0 radical (unpaired) electrons. The van der Waals surface area contributed by atoms with E-state index in [-0.39, 0.29) is 16.7 Å². The van der Waals surface area contributed by atoms with Crippen LogP contribution in [0.4, 0.5) is 11.4 Å². The Morgan fingerprint density at radius 1 is 1.14 bits per heavy atom. The van der Waals surface area contributed by atoms with Crippen LogP contribution in [0.25, 0.3) is 16.7 Å². The molecule has 0 aliphatic heterocycles. The van der Waals surface area contributed by atoms with Gasteiger partial charge in [-0.2, -0.15) is 13.5 Å². The first-order valence-electron chi connectivity index (χ1n) is 8.48. The van der Waals surface area contributed by atoms with E-state index in [2.05, 4.69) is 20.3 Å². The molecule has 2 aromatic heterocycles. The minimum Gasteiger partial charge on any atom is -0.472 e. The van der Waals surface area contributed by atoms with Crippen LogP contribution in [0, 0.1) is 0 Å². The maximum Gasteiger partial charge on any atom is 0.294 e. The average molecular weight is 399 g/mol. The molecule has 4 aromatic rings. The minimum atomic E-state index is -4.32. The predicted molar refractivity (Wildman–Crippen MR) is 103 cm³/mol. The molecule has 28 heavy (non-hydrogen) atoms. The Balaban J connectivity index is 1.83. The van der Waals surface area contributed by atoms with Crippen LogP contribution in [0.3, 0.4) is 0 Å². The molecule has 2 aromatic carbocycles. The molecule has 9 nitrogen and oxygen atoms in total. The summed E-state index contributed by atoms with van der Waals surface area (Å²) in [5.74, 6) is 0.307. The molecule has 0 bridgehead atoms. The van der Waals surface area contributed by atoms with Gasteiger partial charge in [-0.25, -0.2) is 4.52 Å². The Kier molecular flexibility index (Phi) is 4.36. The Bertz CT molecular complexity index is 1300. The number of para-hydroxylation sites is 2. The summed E-state index contributed by atoms with van der Waals surface area (Å²) in [7, 11) is -4.32. The van der Waals surface area contributed by atoms with Gasteiger partial charge < -0.3 is 9.72 Å². The van der Waals surface area contributed by atoms with Crippen molar-refractivity contribution in [3.8, 4) is 5.88 Å². The first kappa shape index (κ1) is 18.1. The number of rotatable bonds is 5. The van der Waals surface area contributed by atoms with Crippen molar-refractivity contribution in [2.24, 2.45) is 10.2 Å². The highest BCUT2D eigenvalue weighted by Crippen LogP contribution is 2.35. The molecule has 0 saturated carbocycles. The fourth-order valence-electron chi connectivity index (χ4n) is 2.77. The molecule has 0 amide bonds. The third kappa shape index (κ3) is 3.35. The molecular formula is C18H17N5O4S. The summed E-state index contributed by atoms with van der Waals surface area (Å²) in [4.78, 5) is 2.99. The van der Waals surface area contributed by atoms with Gasteiger partial charge in [-0.15, -0.1) is 10.2 Å². The number of azo groups is 1. The standard InChI is InChI=1S/C18H17N5O4S/c1-11(2)27-18-16(17-19-14-8-3-4-9-15(14)23(17)22-18)21-20-12-6-5-7-13(10-12)28(24,25)26/h3-11,19H,1-2H3,(H,24,25,26)/b21-20+. The van der Waals surface area contributed by atoms with Crippen LogP contribution in [0.5, 0.6) is 5.88 Å². The first-order valence-corrected chi connectivity index (χ1v) is 9.92. The van der Waals surface area contributed by atoms with Crippen molar-refractivity contribution < 1.29 is 17.7 Å². The lowest BCUT2D eigenvalue weighted by Crippen LogP contribution is -2.06. The molecule has 0 aliphatic carbocycles. The Morgan fingerprint density at radius 2 is 1.93 bits per heavy atom. The Hall–Kier alpha value is -3.24. The normalized spacial score (nSPS) is 12.6. The Labute approximate surface area is 160 Å². The monoisotopic (exact) mass is 399 g/mol. The predicted octanol–water partition coefficient (Wildman–Crippen LogP) is 4.26. The van der Waals surface area contributed by atoms with E-state index in [1.165, 1.54) is 18.2 Å². The number of nitrogens with one attached hydrogen (secondary N) is 1. The van der Waals surface area contributed by atoms with Crippen molar-refractivity contribution in [2.75, 3.05) is 0 Å². The van der Waals surface area contributed by atoms with E-state index in [0.29, 0.717) is 17.2 Å². The van der Waals surface area contributed by atoms with Crippen LogP contribution in [0.2, 0.25) is 0 Å². The highest BCUT2D eigenvalue weighted by molar-refractivity contribution is 7.85. The van der Waals surface area contributed by atoms with E-state index < -0.39 is 10.1 Å². The summed E-state index contributed by atoms with van der Waals surface area (Å²) in [5.41, 5.74) is 3.00. The SMILES string of the molecule is CC(C)Oc1nn2c([nH]c3ccccc32)c1/N=N/c1cccc(S(=O)(=O)O)c1. The summed E-state index contributed by atoms with van der Waals surface area (Å²) < 4.78 is 39.3. The van der Waals surface area contributed by atoms with E-state index in [4.69, 9.17) is 4.74 Å².